The van der Waals surface area contributed by atoms with E-state index in [1.54, 1.807) is 6.07 Å². The molecule has 0 spiro atoms. The molecular formula is C12H15FN4O. The number of nitrogens with two attached hydrogens (primary N) is 1. The Morgan fingerprint density at radius 3 is 3.06 bits per heavy atom. The Labute approximate surface area is 104 Å². The lowest BCUT2D eigenvalue weighted by Crippen LogP contribution is -2.11. The Kier molecular flexibility index (Phi) is 3.76. The van der Waals surface area contributed by atoms with Gasteiger partial charge < -0.3 is 16.0 Å². The van der Waals surface area contributed by atoms with Crippen molar-refractivity contribution >= 4 is 22.9 Å². The highest BCUT2D eigenvalue weighted by Gasteiger charge is 2.03. The van der Waals surface area contributed by atoms with Gasteiger partial charge in [-0.15, -0.1) is 0 Å². The zero-order valence-electron chi connectivity index (χ0n) is 9.87. The van der Waals surface area contributed by atoms with Crippen molar-refractivity contribution in [2.45, 2.75) is 19.3 Å². The molecule has 96 valence electrons. The fourth-order valence-corrected chi connectivity index (χ4v) is 1.70. The second kappa shape index (κ2) is 5.48. The molecule has 5 nitrogen and oxygen atoms in total. The molecule has 0 atom stereocenters. The van der Waals surface area contributed by atoms with Gasteiger partial charge in [0.05, 0.1) is 11.0 Å². The third kappa shape index (κ3) is 3.19. The van der Waals surface area contributed by atoms with Crippen LogP contribution in [0.25, 0.3) is 11.0 Å². The topological polar surface area (TPSA) is 83.8 Å². The van der Waals surface area contributed by atoms with Gasteiger partial charge in [-0.2, -0.15) is 0 Å². The molecule has 1 heterocycles. The van der Waals surface area contributed by atoms with E-state index in [9.17, 15) is 9.18 Å². The van der Waals surface area contributed by atoms with Crippen LogP contribution in [0, 0.1) is 5.82 Å². The van der Waals surface area contributed by atoms with Crippen LogP contribution >= 0.6 is 0 Å². The molecule has 1 amide bonds. The van der Waals surface area contributed by atoms with Gasteiger partial charge in [-0.3, -0.25) is 4.79 Å². The molecule has 2 aromatic rings. The number of fused-ring (bicyclic) bond motifs is 1. The minimum absolute atomic E-state index is 0.283. The zero-order chi connectivity index (χ0) is 13.0. The van der Waals surface area contributed by atoms with Gasteiger partial charge in [-0.05, 0) is 31.0 Å². The van der Waals surface area contributed by atoms with Crippen molar-refractivity contribution in [3.05, 3.63) is 24.0 Å². The minimum atomic E-state index is -0.292. The fraction of sp³-hybridized carbons (Fsp3) is 0.333. The first-order chi connectivity index (χ1) is 8.65. The monoisotopic (exact) mass is 250 g/mol. The number of anilines is 1. The SMILES string of the molecule is NC(=O)CCCCNc1nc2ccc(F)cc2[nH]1. The maximum absolute atomic E-state index is 13.0. The number of nitrogens with one attached hydrogen (secondary N) is 2. The number of unbranched alkanes of at least 4 members (excludes halogenated alkanes) is 1. The molecule has 4 N–H and O–H groups in total. The van der Waals surface area contributed by atoms with Crippen LogP contribution in [-0.4, -0.2) is 22.4 Å². The number of rotatable bonds is 6. The highest BCUT2D eigenvalue weighted by molar-refractivity contribution is 5.77. The summed E-state index contributed by atoms with van der Waals surface area (Å²) < 4.78 is 13.0. The second-order valence-corrected chi connectivity index (χ2v) is 4.10. The molecule has 0 fully saturated rings. The van der Waals surface area contributed by atoms with Crippen molar-refractivity contribution in [3.8, 4) is 0 Å². The normalized spacial score (nSPS) is 10.7. The number of amides is 1. The summed E-state index contributed by atoms with van der Waals surface area (Å²) >= 11 is 0. The summed E-state index contributed by atoms with van der Waals surface area (Å²) in [6, 6.07) is 4.40. The third-order valence-electron chi connectivity index (χ3n) is 2.59. The van der Waals surface area contributed by atoms with Gasteiger partial charge in [-0.1, -0.05) is 0 Å². The molecule has 2 rings (SSSR count). The van der Waals surface area contributed by atoms with Gasteiger partial charge in [0.1, 0.15) is 5.82 Å². The van der Waals surface area contributed by atoms with E-state index in [-0.39, 0.29) is 11.7 Å². The lowest BCUT2D eigenvalue weighted by atomic mass is 10.2. The van der Waals surface area contributed by atoms with Gasteiger partial charge in [-0.25, -0.2) is 9.37 Å². The molecule has 0 aliphatic rings. The Bertz CT molecular complexity index is 552. The molecule has 0 saturated carbocycles. The Morgan fingerprint density at radius 1 is 1.44 bits per heavy atom. The number of aromatic nitrogens is 2. The largest absolute Gasteiger partial charge is 0.370 e. The van der Waals surface area contributed by atoms with Crippen LogP contribution in [0.1, 0.15) is 19.3 Å². The number of halogens is 1. The van der Waals surface area contributed by atoms with Crippen LogP contribution < -0.4 is 11.1 Å². The summed E-state index contributed by atoms with van der Waals surface area (Å²) in [7, 11) is 0. The molecule has 0 aliphatic carbocycles. The quantitative estimate of drug-likeness (QED) is 0.683. The van der Waals surface area contributed by atoms with Crippen molar-refractivity contribution in [1.29, 1.82) is 0 Å². The maximum atomic E-state index is 13.0. The van der Waals surface area contributed by atoms with Gasteiger partial charge in [0.15, 0.2) is 0 Å². The number of primary amides is 1. The molecule has 18 heavy (non-hydrogen) atoms. The number of hydrogen-bond donors (Lipinski definition) is 3. The van der Waals surface area contributed by atoms with E-state index in [1.165, 1.54) is 12.1 Å². The molecule has 1 aromatic carbocycles. The van der Waals surface area contributed by atoms with Crippen LogP contribution in [0.4, 0.5) is 10.3 Å². The minimum Gasteiger partial charge on any atom is -0.370 e. The third-order valence-corrected chi connectivity index (χ3v) is 2.59. The fourth-order valence-electron chi connectivity index (χ4n) is 1.70. The number of H-pyrrole nitrogens is 1. The van der Waals surface area contributed by atoms with E-state index in [1.807, 2.05) is 0 Å². The summed E-state index contributed by atoms with van der Waals surface area (Å²) in [5.74, 6) is 0.0306. The van der Waals surface area contributed by atoms with Crippen LogP contribution in [0.5, 0.6) is 0 Å². The van der Waals surface area contributed by atoms with E-state index in [2.05, 4.69) is 15.3 Å². The van der Waals surface area contributed by atoms with Crippen LogP contribution in [0.15, 0.2) is 18.2 Å². The van der Waals surface area contributed by atoms with Crippen molar-refractivity contribution in [1.82, 2.24) is 9.97 Å². The van der Waals surface area contributed by atoms with Crippen molar-refractivity contribution in [2.75, 3.05) is 11.9 Å². The van der Waals surface area contributed by atoms with E-state index < -0.39 is 0 Å². The van der Waals surface area contributed by atoms with Crippen molar-refractivity contribution in [2.24, 2.45) is 5.73 Å². The summed E-state index contributed by atoms with van der Waals surface area (Å²) in [5, 5.41) is 3.09. The van der Waals surface area contributed by atoms with Crippen LogP contribution in [0.2, 0.25) is 0 Å². The number of carbonyl (C=O) groups excluding carboxylic acids is 1. The summed E-state index contributed by atoms with van der Waals surface area (Å²) in [6.07, 6.45) is 1.97. The average Bonchev–Trinajstić information content (AvgIpc) is 2.70. The first kappa shape index (κ1) is 12.3. The van der Waals surface area contributed by atoms with Gasteiger partial charge in [0.25, 0.3) is 0 Å². The van der Waals surface area contributed by atoms with Gasteiger partial charge in [0.2, 0.25) is 11.9 Å². The van der Waals surface area contributed by atoms with E-state index >= 15 is 0 Å². The predicted octanol–water partition coefficient (Wildman–Crippen LogP) is 1.77. The summed E-state index contributed by atoms with van der Waals surface area (Å²) in [5.41, 5.74) is 6.42. The first-order valence-electron chi connectivity index (χ1n) is 5.82. The highest BCUT2D eigenvalue weighted by Crippen LogP contribution is 2.15. The Morgan fingerprint density at radius 2 is 2.28 bits per heavy atom. The second-order valence-electron chi connectivity index (χ2n) is 4.10. The summed E-state index contributed by atoms with van der Waals surface area (Å²) in [6.45, 7) is 0.690. The molecule has 0 saturated heterocycles. The Hall–Kier alpha value is -2.11. The van der Waals surface area contributed by atoms with Crippen molar-refractivity contribution in [3.63, 3.8) is 0 Å². The molecule has 1 aromatic heterocycles. The van der Waals surface area contributed by atoms with E-state index in [0.717, 1.165) is 18.4 Å². The van der Waals surface area contributed by atoms with Gasteiger partial charge >= 0.3 is 0 Å². The zero-order valence-corrected chi connectivity index (χ0v) is 9.87. The number of benzene rings is 1. The highest BCUT2D eigenvalue weighted by atomic mass is 19.1. The molecule has 6 heteroatoms. The van der Waals surface area contributed by atoms with E-state index in [0.29, 0.717) is 24.4 Å². The summed E-state index contributed by atoms with van der Waals surface area (Å²) in [4.78, 5) is 17.8. The molecule has 0 unspecified atom stereocenters. The average molecular weight is 250 g/mol. The number of nitrogens with zero attached hydrogens (tertiary/aromatic N) is 1. The van der Waals surface area contributed by atoms with Crippen molar-refractivity contribution < 1.29 is 9.18 Å². The van der Waals surface area contributed by atoms with Crippen LogP contribution in [-0.2, 0) is 4.79 Å². The first-order valence-corrected chi connectivity index (χ1v) is 5.82. The standard InChI is InChI=1S/C12H15FN4O/c13-8-4-5-9-10(7-8)17-12(16-9)15-6-2-1-3-11(14)18/h4-5,7H,1-3,6H2,(H2,14,18)(H2,15,16,17). The van der Waals surface area contributed by atoms with E-state index in [4.69, 9.17) is 5.73 Å². The number of hydrogen-bond acceptors (Lipinski definition) is 3. The molecule has 0 bridgehead atoms. The molecular weight excluding hydrogens is 235 g/mol. The number of carbonyl (C=O) groups is 1. The smallest absolute Gasteiger partial charge is 0.217 e. The number of imidazole rings is 1. The lowest BCUT2D eigenvalue weighted by Gasteiger charge is -2.01. The predicted molar refractivity (Wildman–Crippen MR) is 67.6 cm³/mol. The maximum Gasteiger partial charge on any atom is 0.217 e. The van der Waals surface area contributed by atoms with Crippen LogP contribution in [0.3, 0.4) is 0 Å². The van der Waals surface area contributed by atoms with Gasteiger partial charge in [0, 0.05) is 13.0 Å². The molecule has 0 radical (unpaired) electrons. The Balaban J connectivity index is 1.86. The number of aromatic amines is 1. The lowest BCUT2D eigenvalue weighted by molar-refractivity contribution is -0.118. The molecule has 0 aliphatic heterocycles.